The normalized spacial score (nSPS) is 10.8. The van der Waals surface area contributed by atoms with Crippen LogP contribution in [0.3, 0.4) is 0 Å². The van der Waals surface area contributed by atoms with E-state index in [0.717, 1.165) is 4.47 Å². The summed E-state index contributed by atoms with van der Waals surface area (Å²) in [4.78, 5) is 23.5. The average molecular weight is 484 g/mol. The Morgan fingerprint density at radius 1 is 1.25 bits per heavy atom. The fourth-order valence-corrected chi connectivity index (χ4v) is 3.08. The Morgan fingerprint density at radius 2 is 1.93 bits per heavy atom. The molecular formula is C19H13BrCl2N2O4. The summed E-state index contributed by atoms with van der Waals surface area (Å²) in [6.45, 7) is -0.358. The molecule has 0 spiro atoms. The molecule has 6 nitrogen and oxygen atoms in total. The van der Waals surface area contributed by atoms with Gasteiger partial charge in [0.25, 0.3) is 5.91 Å². The highest BCUT2D eigenvalue weighted by molar-refractivity contribution is 9.10. The van der Waals surface area contributed by atoms with Crippen LogP contribution in [0.15, 0.2) is 46.4 Å². The Kier molecular flexibility index (Phi) is 7.88. The minimum absolute atomic E-state index is 0.1000. The molecule has 0 unspecified atom stereocenters. The molecule has 144 valence electrons. The molecular weight excluding hydrogens is 471 g/mol. The van der Waals surface area contributed by atoms with Crippen molar-refractivity contribution >= 4 is 62.8 Å². The number of ether oxygens (including phenoxy) is 2. The van der Waals surface area contributed by atoms with Gasteiger partial charge in [-0.15, -0.1) is 0 Å². The average Bonchev–Trinajstić information content (AvgIpc) is 2.65. The second-order valence-corrected chi connectivity index (χ2v) is 7.04. The van der Waals surface area contributed by atoms with E-state index in [-0.39, 0.29) is 28.0 Å². The van der Waals surface area contributed by atoms with E-state index in [0.29, 0.717) is 11.3 Å². The van der Waals surface area contributed by atoms with E-state index in [1.807, 2.05) is 12.1 Å². The first-order valence-electron chi connectivity index (χ1n) is 7.71. The lowest BCUT2D eigenvalue weighted by Crippen LogP contribution is -2.13. The summed E-state index contributed by atoms with van der Waals surface area (Å²) in [7, 11) is 1.23. The van der Waals surface area contributed by atoms with Crippen LogP contribution in [-0.2, 0) is 14.3 Å². The van der Waals surface area contributed by atoms with Crippen LogP contribution in [0.1, 0.15) is 5.56 Å². The van der Waals surface area contributed by atoms with Gasteiger partial charge in [-0.3, -0.25) is 4.79 Å². The summed E-state index contributed by atoms with van der Waals surface area (Å²) in [6, 6.07) is 11.7. The quantitative estimate of drug-likeness (QED) is 0.360. The number of rotatable bonds is 6. The Morgan fingerprint density at radius 3 is 2.50 bits per heavy atom. The van der Waals surface area contributed by atoms with Crippen LogP contribution in [0, 0.1) is 11.3 Å². The topological polar surface area (TPSA) is 88.4 Å². The first-order chi connectivity index (χ1) is 13.3. The molecule has 0 radical (unpaired) electrons. The number of halogens is 3. The van der Waals surface area contributed by atoms with Gasteiger partial charge in [0.15, 0.2) is 12.4 Å². The maximum Gasteiger partial charge on any atom is 0.343 e. The van der Waals surface area contributed by atoms with Gasteiger partial charge < -0.3 is 14.8 Å². The Bertz CT molecular complexity index is 963. The van der Waals surface area contributed by atoms with Gasteiger partial charge in [0.05, 0.1) is 17.2 Å². The van der Waals surface area contributed by atoms with Crippen LogP contribution in [0.4, 0.5) is 5.69 Å². The van der Waals surface area contributed by atoms with E-state index in [2.05, 4.69) is 26.0 Å². The number of nitrogens with one attached hydrogen (secondary N) is 1. The number of carbonyl (C=O) groups is 2. The van der Waals surface area contributed by atoms with Crippen molar-refractivity contribution in [2.75, 3.05) is 19.0 Å². The molecule has 2 aromatic carbocycles. The van der Waals surface area contributed by atoms with Gasteiger partial charge in [-0.1, -0.05) is 45.2 Å². The third-order valence-electron chi connectivity index (χ3n) is 3.34. The molecule has 0 bridgehead atoms. The SMILES string of the molecule is COC(=O)COc1c(Cl)cc(C=C(C#N)C(=O)Nc2cccc(Br)c2)cc1Cl. The van der Waals surface area contributed by atoms with Crippen LogP contribution in [-0.4, -0.2) is 25.6 Å². The molecule has 1 amide bonds. The number of hydrogen-bond donors (Lipinski definition) is 1. The minimum Gasteiger partial charge on any atom is -0.479 e. The third kappa shape index (κ3) is 5.99. The molecule has 28 heavy (non-hydrogen) atoms. The summed E-state index contributed by atoms with van der Waals surface area (Å²) in [6.07, 6.45) is 1.34. The van der Waals surface area contributed by atoms with E-state index in [1.165, 1.54) is 25.3 Å². The number of carbonyl (C=O) groups excluding carboxylic acids is 2. The number of methoxy groups -OCH3 is 1. The van der Waals surface area contributed by atoms with Crippen LogP contribution in [0.25, 0.3) is 6.08 Å². The van der Waals surface area contributed by atoms with Crippen LogP contribution >= 0.6 is 39.1 Å². The molecule has 2 rings (SSSR count). The number of anilines is 1. The van der Waals surface area contributed by atoms with Gasteiger partial charge in [0.2, 0.25) is 0 Å². The molecule has 0 atom stereocenters. The molecule has 0 aliphatic carbocycles. The molecule has 0 aliphatic rings. The van der Waals surface area contributed by atoms with E-state index in [1.54, 1.807) is 18.2 Å². The molecule has 0 aromatic heterocycles. The first-order valence-corrected chi connectivity index (χ1v) is 9.26. The van der Waals surface area contributed by atoms with E-state index in [4.69, 9.17) is 27.9 Å². The zero-order valence-electron chi connectivity index (χ0n) is 14.5. The van der Waals surface area contributed by atoms with Crippen LogP contribution in [0.5, 0.6) is 5.75 Å². The van der Waals surface area contributed by atoms with Crippen molar-refractivity contribution in [1.29, 1.82) is 5.26 Å². The maximum absolute atomic E-state index is 12.3. The summed E-state index contributed by atoms with van der Waals surface area (Å²) in [5.41, 5.74) is 0.805. The standard InChI is InChI=1S/C19H13BrCl2N2O4/c1-27-17(25)10-28-18-15(21)6-11(7-16(18)22)5-12(9-23)19(26)24-14-4-2-3-13(20)8-14/h2-8H,10H2,1H3,(H,24,26). The van der Waals surface area contributed by atoms with Crippen molar-refractivity contribution in [1.82, 2.24) is 0 Å². The van der Waals surface area contributed by atoms with E-state index < -0.39 is 11.9 Å². The van der Waals surface area contributed by atoms with E-state index in [9.17, 15) is 14.9 Å². The lowest BCUT2D eigenvalue weighted by atomic mass is 10.1. The van der Waals surface area contributed by atoms with E-state index >= 15 is 0 Å². The van der Waals surface area contributed by atoms with Crippen LogP contribution in [0.2, 0.25) is 10.0 Å². The van der Waals surface area contributed by atoms with Crippen LogP contribution < -0.4 is 10.1 Å². The predicted octanol–water partition coefficient (Wildman–Crippen LogP) is 4.85. The lowest BCUT2D eigenvalue weighted by molar-refractivity contribution is -0.142. The zero-order valence-corrected chi connectivity index (χ0v) is 17.6. The third-order valence-corrected chi connectivity index (χ3v) is 4.40. The van der Waals surface area contributed by atoms with Crippen molar-refractivity contribution in [2.24, 2.45) is 0 Å². The van der Waals surface area contributed by atoms with Crippen molar-refractivity contribution in [3.63, 3.8) is 0 Å². The zero-order chi connectivity index (χ0) is 20.7. The highest BCUT2D eigenvalue weighted by Crippen LogP contribution is 2.35. The molecule has 0 aliphatic heterocycles. The fourth-order valence-electron chi connectivity index (χ4n) is 2.07. The number of hydrogen-bond acceptors (Lipinski definition) is 5. The van der Waals surface area contributed by atoms with Crippen molar-refractivity contribution in [2.45, 2.75) is 0 Å². The molecule has 0 saturated carbocycles. The lowest BCUT2D eigenvalue weighted by Gasteiger charge is -2.10. The number of nitriles is 1. The van der Waals surface area contributed by atoms with Gasteiger partial charge in [0, 0.05) is 10.2 Å². The Hall–Kier alpha value is -2.53. The number of nitrogens with zero attached hydrogens (tertiary/aromatic N) is 1. The fraction of sp³-hybridized carbons (Fsp3) is 0.105. The highest BCUT2D eigenvalue weighted by atomic mass is 79.9. The smallest absolute Gasteiger partial charge is 0.343 e. The monoisotopic (exact) mass is 482 g/mol. The molecule has 2 aromatic rings. The molecule has 1 N–H and O–H groups in total. The number of amides is 1. The summed E-state index contributed by atoms with van der Waals surface area (Å²) in [5.74, 6) is -1.08. The van der Waals surface area contributed by atoms with Crippen molar-refractivity contribution in [3.05, 3.63) is 62.1 Å². The van der Waals surface area contributed by atoms with Gasteiger partial charge in [-0.2, -0.15) is 5.26 Å². The van der Waals surface area contributed by atoms with Crippen molar-refractivity contribution in [3.8, 4) is 11.8 Å². The summed E-state index contributed by atoms with van der Waals surface area (Å²) >= 11 is 15.6. The second kappa shape index (κ2) is 10.1. The summed E-state index contributed by atoms with van der Waals surface area (Å²) in [5, 5.41) is 12.2. The highest BCUT2D eigenvalue weighted by Gasteiger charge is 2.14. The van der Waals surface area contributed by atoms with Gasteiger partial charge in [0.1, 0.15) is 11.6 Å². The van der Waals surface area contributed by atoms with Crippen molar-refractivity contribution < 1.29 is 19.1 Å². The Balaban J connectivity index is 2.22. The van der Waals surface area contributed by atoms with Gasteiger partial charge in [-0.25, -0.2) is 4.79 Å². The second-order valence-electron chi connectivity index (χ2n) is 5.31. The number of benzene rings is 2. The van der Waals surface area contributed by atoms with Gasteiger partial charge >= 0.3 is 5.97 Å². The minimum atomic E-state index is -0.591. The largest absolute Gasteiger partial charge is 0.479 e. The number of esters is 1. The predicted molar refractivity (Wildman–Crippen MR) is 110 cm³/mol. The molecule has 9 heteroatoms. The van der Waals surface area contributed by atoms with Gasteiger partial charge in [-0.05, 0) is 42.0 Å². The maximum atomic E-state index is 12.3. The first kappa shape index (κ1) is 21.8. The molecule has 0 saturated heterocycles. The Labute approximate surface area is 179 Å². The molecule has 0 fully saturated rings. The molecule has 0 heterocycles. The summed E-state index contributed by atoms with van der Waals surface area (Å²) < 4.78 is 10.5.